The fourth-order valence-corrected chi connectivity index (χ4v) is 9.13. The molecule has 0 aliphatic rings. The van der Waals surface area contributed by atoms with Crippen LogP contribution in [-0.4, -0.2) is 0 Å². The number of benzene rings is 10. The van der Waals surface area contributed by atoms with Crippen molar-refractivity contribution < 1.29 is 8.83 Å². The van der Waals surface area contributed by atoms with Gasteiger partial charge in [0.2, 0.25) is 0 Å². The van der Waals surface area contributed by atoms with Gasteiger partial charge in [0.05, 0.1) is 0 Å². The average molecular weight is 780 g/mol. The van der Waals surface area contributed by atoms with Crippen LogP contribution in [-0.2, 0) is 0 Å². The second-order valence-electron chi connectivity index (χ2n) is 15.7. The molecule has 0 radical (unpaired) electrons. The summed E-state index contributed by atoms with van der Waals surface area (Å²) in [6, 6.07) is 80.0. The number of para-hydroxylation sites is 2. The Morgan fingerprint density at radius 2 is 0.770 bits per heavy atom. The summed E-state index contributed by atoms with van der Waals surface area (Å²) in [5.41, 5.74) is 16.0. The molecule has 12 aromatic rings. The summed E-state index contributed by atoms with van der Waals surface area (Å²) in [6.07, 6.45) is 0. The van der Waals surface area contributed by atoms with Crippen LogP contribution in [0, 0.1) is 0 Å². The van der Waals surface area contributed by atoms with Gasteiger partial charge in [-0.15, -0.1) is 0 Å². The molecule has 61 heavy (non-hydrogen) atoms. The molecule has 12 rings (SSSR count). The second-order valence-corrected chi connectivity index (χ2v) is 15.7. The maximum Gasteiger partial charge on any atom is 0.136 e. The Morgan fingerprint density at radius 3 is 1.57 bits per heavy atom. The Bertz CT molecular complexity index is 3590. The Morgan fingerprint density at radius 1 is 0.262 bits per heavy atom. The second kappa shape index (κ2) is 14.3. The van der Waals surface area contributed by atoms with Gasteiger partial charge in [0.15, 0.2) is 0 Å². The summed E-state index contributed by atoms with van der Waals surface area (Å²) < 4.78 is 12.6. The van der Waals surface area contributed by atoms with Crippen molar-refractivity contribution in [3.8, 4) is 44.5 Å². The molecule has 0 fully saturated rings. The Labute approximate surface area is 353 Å². The van der Waals surface area contributed by atoms with E-state index < -0.39 is 0 Å². The molecule has 0 saturated heterocycles. The normalized spacial score (nSPS) is 11.6. The number of rotatable bonds is 7. The summed E-state index contributed by atoms with van der Waals surface area (Å²) in [6.45, 7) is 0. The molecule has 286 valence electrons. The van der Waals surface area contributed by atoms with Gasteiger partial charge < -0.3 is 13.7 Å². The Hall–Kier alpha value is -8.14. The summed E-state index contributed by atoms with van der Waals surface area (Å²) in [5.74, 6) is 0. The first kappa shape index (κ1) is 34.9. The molecule has 3 heteroatoms. The van der Waals surface area contributed by atoms with E-state index in [-0.39, 0.29) is 0 Å². The monoisotopic (exact) mass is 779 g/mol. The third-order valence-corrected chi connectivity index (χ3v) is 12.1. The number of nitrogens with zero attached hydrogens (tertiary/aromatic N) is 1. The number of hydrogen-bond acceptors (Lipinski definition) is 3. The smallest absolute Gasteiger partial charge is 0.136 e. The molecule has 0 atom stereocenters. The fourth-order valence-electron chi connectivity index (χ4n) is 9.13. The number of furan rings is 2. The third-order valence-electron chi connectivity index (χ3n) is 12.1. The maximum atomic E-state index is 6.31. The lowest BCUT2D eigenvalue weighted by Crippen LogP contribution is -2.10. The van der Waals surface area contributed by atoms with Gasteiger partial charge in [-0.25, -0.2) is 0 Å². The zero-order valence-corrected chi connectivity index (χ0v) is 33.1. The molecule has 0 aliphatic carbocycles. The van der Waals surface area contributed by atoms with Crippen LogP contribution in [0.5, 0.6) is 0 Å². The van der Waals surface area contributed by atoms with E-state index in [1.165, 1.54) is 27.5 Å². The largest absolute Gasteiger partial charge is 0.456 e. The number of anilines is 3. The minimum Gasteiger partial charge on any atom is -0.456 e. The zero-order valence-electron chi connectivity index (χ0n) is 33.1. The van der Waals surface area contributed by atoms with Crippen molar-refractivity contribution in [1.82, 2.24) is 0 Å². The van der Waals surface area contributed by atoms with E-state index in [1.54, 1.807) is 0 Å². The molecule has 0 spiro atoms. The molecule has 0 bridgehead atoms. The van der Waals surface area contributed by atoms with Gasteiger partial charge in [-0.3, -0.25) is 0 Å². The first-order valence-electron chi connectivity index (χ1n) is 20.7. The van der Waals surface area contributed by atoms with Crippen LogP contribution in [0.1, 0.15) is 0 Å². The maximum absolute atomic E-state index is 6.31. The van der Waals surface area contributed by atoms with E-state index >= 15 is 0 Å². The van der Waals surface area contributed by atoms with Crippen LogP contribution >= 0.6 is 0 Å². The van der Waals surface area contributed by atoms with Crippen molar-refractivity contribution >= 4 is 71.7 Å². The van der Waals surface area contributed by atoms with Crippen molar-refractivity contribution in [3.05, 3.63) is 224 Å². The molecular formula is C58H37NO2. The highest BCUT2D eigenvalue weighted by Gasteiger charge is 2.18. The van der Waals surface area contributed by atoms with Gasteiger partial charge in [0.1, 0.15) is 22.3 Å². The lowest BCUT2D eigenvalue weighted by Gasteiger charge is -2.27. The van der Waals surface area contributed by atoms with E-state index in [2.05, 4.69) is 205 Å². The third kappa shape index (κ3) is 6.06. The number of fused-ring (bicyclic) bond motifs is 7. The highest BCUT2D eigenvalue weighted by atomic mass is 16.3. The summed E-state index contributed by atoms with van der Waals surface area (Å²) >= 11 is 0. The quantitative estimate of drug-likeness (QED) is 0.161. The SMILES string of the molecule is c1cc(-c2ccc3c(c2)oc2ccccc23)cc(N(c2ccc(-c3ccc(-c4cccc5ccccc45)cc3)cc2)c2cccc(-c3cccc4oc5ccccc5c34)c2)c1. The average Bonchev–Trinajstić information content (AvgIpc) is 3.90. The highest BCUT2D eigenvalue weighted by Crippen LogP contribution is 2.42. The molecule has 0 aliphatic heterocycles. The van der Waals surface area contributed by atoms with Gasteiger partial charge in [0.25, 0.3) is 0 Å². The molecular weight excluding hydrogens is 743 g/mol. The van der Waals surface area contributed by atoms with Crippen LogP contribution in [0.25, 0.3) is 99.2 Å². The van der Waals surface area contributed by atoms with E-state index in [1.807, 2.05) is 24.3 Å². The first-order valence-corrected chi connectivity index (χ1v) is 20.7. The van der Waals surface area contributed by atoms with Crippen LogP contribution in [0.2, 0.25) is 0 Å². The van der Waals surface area contributed by atoms with E-state index in [4.69, 9.17) is 8.83 Å². The summed E-state index contributed by atoms with van der Waals surface area (Å²) in [7, 11) is 0. The van der Waals surface area contributed by atoms with Gasteiger partial charge in [-0.05, 0) is 122 Å². The molecule has 0 unspecified atom stereocenters. The minimum atomic E-state index is 0.885. The highest BCUT2D eigenvalue weighted by molar-refractivity contribution is 6.12. The minimum absolute atomic E-state index is 0.885. The fraction of sp³-hybridized carbons (Fsp3) is 0. The summed E-state index contributed by atoms with van der Waals surface area (Å²) in [5, 5.41) is 7.01. The lowest BCUT2D eigenvalue weighted by atomic mass is 9.96. The first-order chi connectivity index (χ1) is 30.2. The van der Waals surface area contributed by atoms with Crippen molar-refractivity contribution in [3.63, 3.8) is 0 Å². The van der Waals surface area contributed by atoms with E-state index in [0.29, 0.717) is 0 Å². The predicted molar refractivity (Wildman–Crippen MR) is 255 cm³/mol. The van der Waals surface area contributed by atoms with Crippen LogP contribution in [0.4, 0.5) is 17.1 Å². The molecule has 0 saturated carbocycles. The lowest BCUT2D eigenvalue weighted by molar-refractivity contribution is 0.668. The van der Waals surface area contributed by atoms with Gasteiger partial charge in [-0.1, -0.05) is 158 Å². The Balaban J connectivity index is 0.954. The molecule has 10 aromatic carbocycles. The molecule has 0 amide bonds. The zero-order chi connectivity index (χ0) is 40.3. The summed E-state index contributed by atoms with van der Waals surface area (Å²) in [4.78, 5) is 2.35. The van der Waals surface area contributed by atoms with Gasteiger partial charge >= 0.3 is 0 Å². The van der Waals surface area contributed by atoms with Crippen molar-refractivity contribution in [1.29, 1.82) is 0 Å². The van der Waals surface area contributed by atoms with Crippen molar-refractivity contribution in [2.75, 3.05) is 4.90 Å². The van der Waals surface area contributed by atoms with Gasteiger partial charge in [-0.2, -0.15) is 0 Å². The molecule has 3 nitrogen and oxygen atoms in total. The molecule has 0 N–H and O–H groups in total. The van der Waals surface area contributed by atoms with Crippen LogP contribution in [0.3, 0.4) is 0 Å². The molecule has 2 aromatic heterocycles. The standard InChI is InChI=1S/C58H37NO2/c1-2-17-48-40(11-1)12-9-20-49(48)41-27-25-38(26-28-41)39-29-32-45(33-30-39)59(46-15-7-13-42(35-46)43-31-34-52-51-18-3-5-22-54(51)61-57(52)37-43)47-16-8-14-44(36-47)50-21-10-24-56-58(50)53-19-4-6-23-55(53)60-56/h1-37H. The Kier molecular flexibility index (Phi) is 8.17. The van der Waals surface area contributed by atoms with E-state index in [0.717, 1.165) is 88.8 Å². The predicted octanol–water partition coefficient (Wildman–Crippen LogP) is 16.8. The van der Waals surface area contributed by atoms with Crippen LogP contribution < -0.4 is 4.90 Å². The number of hydrogen-bond donors (Lipinski definition) is 0. The van der Waals surface area contributed by atoms with Crippen molar-refractivity contribution in [2.45, 2.75) is 0 Å². The van der Waals surface area contributed by atoms with E-state index in [9.17, 15) is 0 Å². The van der Waals surface area contributed by atoms with Crippen molar-refractivity contribution in [2.24, 2.45) is 0 Å². The molecule has 2 heterocycles. The topological polar surface area (TPSA) is 29.5 Å². The van der Waals surface area contributed by atoms with Gasteiger partial charge in [0, 0.05) is 38.6 Å². The van der Waals surface area contributed by atoms with Crippen LogP contribution in [0.15, 0.2) is 233 Å².